The van der Waals surface area contributed by atoms with Crippen molar-refractivity contribution in [3.05, 3.63) is 46.1 Å². The quantitative estimate of drug-likeness (QED) is 0.783. The molecule has 3 aliphatic rings. The molecule has 0 aromatic rings. The molecule has 2 aliphatic heterocycles. The number of hydrogen-bond donors (Lipinski definition) is 2. The molecule has 0 saturated heterocycles. The summed E-state index contributed by atoms with van der Waals surface area (Å²) in [4.78, 5) is 12.9. The molecule has 1 aliphatic carbocycles. The summed E-state index contributed by atoms with van der Waals surface area (Å²) in [5.41, 5.74) is 1.10. The number of nitrogens with zero attached hydrogens (tertiary/aromatic N) is 2. The van der Waals surface area contributed by atoms with Crippen LogP contribution in [0, 0.1) is 0 Å². The van der Waals surface area contributed by atoms with Crippen molar-refractivity contribution >= 4 is 16.0 Å². The maximum absolute atomic E-state index is 13.7. The van der Waals surface area contributed by atoms with E-state index in [2.05, 4.69) is 5.32 Å². The monoisotopic (exact) mass is 369 g/mol. The summed E-state index contributed by atoms with van der Waals surface area (Å²) in [6, 6.07) is -0.622. The van der Waals surface area contributed by atoms with Crippen molar-refractivity contribution in [2.75, 3.05) is 7.05 Å². The highest BCUT2D eigenvalue weighted by Gasteiger charge is 2.44. The van der Waals surface area contributed by atoms with Crippen molar-refractivity contribution in [2.45, 2.75) is 38.9 Å². The molecule has 2 unspecified atom stereocenters. The van der Waals surface area contributed by atoms with Crippen molar-refractivity contribution in [3.8, 4) is 0 Å². The van der Waals surface area contributed by atoms with Gasteiger partial charge in [0.25, 0.3) is 10.0 Å². The molecule has 136 valence electrons. The molecule has 0 aromatic heterocycles. The van der Waals surface area contributed by atoms with E-state index in [0.717, 1.165) is 0 Å². The number of carbonyl (C=O) groups is 1. The number of fused-ring (bicyclic) bond motifs is 1. The van der Waals surface area contributed by atoms with Gasteiger partial charge in [-0.3, -0.25) is 9.10 Å². The van der Waals surface area contributed by atoms with Crippen LogP contribution in [0.4, 0.5) is 4.39 Å². The van der Waals surface area contributed by atoms with Gasteiger partial charge in [-0.25, -0.2) is 4.39 Å². The number of aliphatic carboxylic acids is 1. The first-order valence-corrected chi connectivity index (χ1v) is 9.31. The van der Waals surface area contributed by atoms with Crippen LogP contribution in [0.2, 0.25) is 0 Å². The van der Waals surface area contributed by atoms with Crippen LogP contribution in [0.5, 0.6) is 0 Å². The fourth-order valence-electron chi connectivity index (χ4n) is 3.36. The van der Waals surface area contributed by atoms with Crippen LogP contribution in [0.25, 0.3) is 0 Å². The van der Waals surface area contributed by atoms with Crippen molar-refractivity contribution in [1.82, 2.24) is 14.5 Å². The van der Waals surface area contributed by atoms with Gasteiger partial charge < -0.3 is 15.3 Å². The largest absolute Gasteiger partial charge is 0.481 e. The number of hydrogen-bond acceptors (Lipinski definition) is 5. The van der Waals surface area contributed by atoms with E-state index in [0.29, 0.717) is 16.8 Å². The SMILES string of the molecule is CC1=C(CC(=O)O)C2=CC(F)=CCC2N1S(=O)(=O)C1=CN(C)C(C)N1. The lowest BCUT2D eigenvalue weighted by atomic mass is 9.93. The second-order valence-electron chi connectivity index (χ2n) is 6.35. The molecule has 0 bridgehead atoms. The second kappa shape index (κ2) is 5.91. The fraction of sp³-hybridized carbons (Fsp3) is 0.438. The highest BCUT2D eigenvalue weighted by Crippen LogP contribution is 2.43. The van der Waals surface area contributed by atoms with Gasteiger partial charge in [-0.2, -0.15) is 8.42 Å². The van der Waals surface area contributed by atoms with Crippen LogP contribution in [-0.2, 0) is 14.8 Å². The van der Waals surface area contributed by atoms with E-state index in [4.69, 9.17) is 5.11 Å². The Labute approximate surface area is 145 Å². The molecule has 9 heteroatoms. The van der Waals surface area contributed by atoms with E-state index in [9.17, 15) is 17.6 Å². The van der Waals surface area contributed by atoms with Gasteiger partial charge in [-0.1, -0.05) is 0 Å². The van der Waals surface area contributed by atoms with Gasteiger partial charge in [-0.05, 0) is 43.6 Å². The molecule has 0 radical (unpaired) electrons. The van der Waals surface area contributed by atoms with Gasteiger partial charge in [0.2, 0.25) is 0 Å². The number of sulfonamides is 1. The highest BCUT2D eigenvalue weighted by atomic mass is 32.2. The maximum Gasteiger partial charge on any atom is 0.307 e. The summed E-state index contributed by atoms with van der Waals surface area (Å²) < 4.78 is 41.2. The van der Waals surface area contributed by atoms with E-state index >= 15 is 0 Å². The summed E-state index contributed by atoms with van der Waals surface area (Å²) in [5, 5.41) is 12.1. The topological polar surface area (TPSA) is 90.0 Å². The summed E-state index contributed by atoms with van der Waals surface area (Å²) in [6.45, 7) is 3.39. The van der Waals surface area contributed by atoms with Gasteiger partial charge in [0, 0.05) is 18.9 Å². The molecular formula is C16H20FN3O4S. The van der Waals surface area contributed by atoms with Crippen LogP contribution >= 0.6 is 0 Å². The average Bonchev–Trinajstić information content (AvgIpc) is 2.98. The minimum absolute atomic E-state index is 0.0489. The summed E-state index contributed by atoms with van der Waals surface area (Å²) in [5.74, 6) is -1.57. The van der Waals surface area contributed by atoms with E-state index in [1.807, 2.05) is 6.92 Å². The van der Waals surface area contributed by atoms with Gasteiger partial charge in [0.1, 0.15) is 5.83 Å². The molecule has 3 rings (SSSR count). The Morgan fingerprint density at radius 1 is 1.48 bits per heavy atom. The zero-order valence-corrected chi connectivity index (χ0v) is 15.0. The van der Waals surface area contributed by atoms with Gasteiger partial charge in [0.05, 0.1) is 18.6 Å². The molecule has 0 spiro atoms. The molecule has 0 amide bonds. The van der Waals surface area contributed by atoms with Gasteiger partial charge >= 0.3 is 5.97 Å². The van der Waals surface area contributed by atoms with Gasteiger partial charge in [-0.15, -0.1) is 0 Å². The number of halogens is 1. The van der Waals surface area contributed by atoms with Crippen LogP contribution in [-0.4, -0.2) is 48.0 Å². The van der Waals surface area contributed by atoms with Crippen molar-refractivity contribution in [1.29, 1.82) is 0 Å². The number of carboxylic acid groups (broad SMARTS) is 1. The third kappa shape index (κ3) is 2.82. The summed E-state index contributed by atoms with van der Waals surface area (Å²) in [6.07, 6.45) is 3.70. The minimum Gasteiger partial charge on any atom is -0.481 e. The Kier molecular flexibility index (Phi) is 4.14. The Morgan fingerprint density at radius 2 is 2.16 bits per heavy atom. The molecule has 2 atom stereocenters. The number of allylic oxidation sites excluding steroid dienone is 3. The van der Waals surface area contributed by atoms with E-state index in [1.54, 1.807) is 18.9 Å². The molecule has 0 aromatic carbocycles. The molecule has 0 saturated carbocycles. The van der Waals surface area contributed by atoms with E-state index in [1.165, 1.54) is 22.7 Å². The summed E-state index contributed by atoms with van der Waals surface area (Å²) >= 11 is 0. The normalized spacial score (nSPS) is 26.2. The lowest BCUT2D eigenvalue weighted by molar-refractivity contribution is -0.136. The van der Waals surface area contributed by atoms with Crippen molar-refractivity contribution < 1.29 is 22.7 Å². The van der Waals surface area contributed by atoms with Crippen molar-refractivity contribution in [3.63, 3.8) is 0 Å². The Bertz CT molecular complexity index is 857. The molecule has 2 N–H and O–H groups in total. The first kappa shape index (κ1) is 17.5. The van der Waals surface area contributed by atoms with Crippen molar-refractivity contribution in [2.24, 2.45) is 0 Å². The van der Waals surface area contributed by atoms with Crippen LogP contribution in [0.1, 0.15) is 26.7 Å². The second-order valence-corrected chi connectivity index (χ2v) is 8.14. The summed E-state index contributed by atoms with van der Waals surface area (Å²) in [7, 11) is -2.15. The predicted octanol–water partition coefficient (Wildman–Crippen LogP) is 1.61. The lowest BCUT2D eigenvalue weighted by Crippen LogP contribution is -2.40. The lowest BCUT2D eigenvalue weighted by Gasteiger charge is -2.29. The first-order chi connectivity index (χ1) is 11.6. The molecule has 7 nitrogen and oxygen atoms in total. The van der Waals surface area contributed by atoms with Crippen LogP contribution in [0.3, 0.4) is 0 Å². The van der Waals surface area contributed by atoms with Gasteiger partial charge in [0.15, 0.2) is 5.03 Å². The Balaban J connectivity index is 2.07. The predicted molar refractivity (Wildman–Crippen MR) is 89.8 cm³/mol. The first-order valence-electron chi connectivity index (χ1n) is 7.87. The smallest absolute Gasteiger partial charge is 0.307 e. The molecule has 0 fully saturated rings. The molecule has 2 heterocycles. The zero-order valence-electron chi connectivity index (χ0n) is 14.2. The Hall–Kier alpha value is -2.29. The molecule has 25 heavy (non-hydrogen) atoms. The molecular weight excluding hydrogens is 349 g/mol. The third-order valence-electron chi connectivity index (χ3n) is 4.74. The maximum atomic E-state index is 13.7. The van der Waals surface area contributed by atoms with E-state index in [-0.39, 0.29) is 24.0 Å². The zero-order chi connectivity index (χ0) is 18.5. The van der Waals surface area contributed by atoms with Crippen LogP contribution < -0.4 is 5.32 Å². The third-order valence-corrected chi connectivity index (χ3v) is 6.56. The average molecular weight is 369 g/mol. The van der Waals surface area contributed by atoms with E-state index < -0.39 is 27.9 Å². The minimum atomic E-state index is -3.91. The fourth-order valence-corrected chi connectivity index (χ4v) is 5.19. The van der Waals surface area contributed by atoms with Crippen LogP contribution in [0.15, 0.2) is 46.1 Å². The number of carboxylic acids is 1. The number of rotatable bonds is 4. The number of nitrogens with one attached hydrogen (secondary N) is 1. The Morgan fingerprint density at radius 3 is 2.72 bits per heavy atom. The highest BCUT2D eigenvalue weighted by molar-refractivity contribution is 7.93. The standard InChI is InChI=1S/C16H20FN3O4S/c1-9-12(7-16(21)22)13-6-11(17)4-5-14(13)20(9)25(23,24)15-8-19(3)10(2)18-15/h4,6,8,10,14,18H,5,7H2,1-3H3,(H,21,22).